The highest BCUT2D eigenvalue weighted by Gasteiger charge is 2.25. The largest absolute Gasteiger partial charge is 0.318 e. The first-order valence-electron chi connectivity index (χ1n) is 16.9. The zero-order valence-electron chi connectivity index (χ0n) is 27.8. The fourth-order valence-corrected chi connectivity index (χ4v) is 9.13. The molecule has 0 aliphatic rings. The van der Waals surface area contributed by atoms with Crippen molar-refractivity contribution in [3.63, 3.8) is 0 Å². The standard InChI is InChI=1S/C46H22N6S/c1-50-45-29(25-48)20-34(37(26-49)46(45)52-39-15-7-2-10-30(39)31-11-3-8-16-40(31)52)27-18-19-28(24-47)41(21-27)51-38-14-6-4-12-32(38)35-23-44-36(22-42(35)51)33-13-5-9-17-43(33)53-44/h2-23H. The van der Waals surface area contributed by atoms with Gasteiger partial charge in [0, 0.05) is 47.3 Å². The molecule has 3 aromatic heterocycles. The predicted molar refractivity (Wildman–Crippen MR) is 214 cm³/mol. The Morgan fingerprint density at radius 3 is 1.75 bits per heavy atom. The van der Waals surface area contributed by atoms with E-state index >= 15 is 0 Å². The summed E-state index contributed by atoms with van der Waals surface area (Å²) in [7, 11) is 0. The van der Waals surface area contributed by atoms with Crippen molar-refractivity contribution in [3.8, 4) is 40.7 Å². The number of benzene rings is 7. The highest BCUT2D eigenvalue weighted by Crippen LogP contribution is 2.45. The molecule has 7 heteroatoms. The van der Waals surface area contributed by atoms with Crippen LogP contribution in [-0.2, 0) is 0 Å². The van der Waals surface area contributed by atoms with E-state index in [-0.39, 0.29) is 16.8 Å². The van der Waals surface area contributed by atoms with Gasteiger partial charge in [-0.3, -0.25) is 0 Å². The lowest BCUT2D eigenvalue weighted by Crippen LogP contribution is -2.03. The number of hydrogen-bond acceptors (Lipinski definition) is 4. The number of fused-ring (bicyclic) bond motifs is 9. The van der Waals surface area contributed by atoms with Crippen molar-refractivity contribution >= 4 is 80.8 Å². The monoisotopic (exact) mass is 690 g/mol. The van der Waals surface area contributed by atoms with E-state index in [4.69, 9.17) is 6.57 Å². The maximum Gasteiger partial charge on any atom is 0.229 e. The molecular formula is C46H22N6S. The average molecular weight is 691 g/mol. The molecule has 3 heterocycles. The van der Waals surface area contributed by atoms with Crippen molar-refractivity contribution in [1.82, 2.24) is 9.13 Å². The number of aromatic nitrogens is 2. The Morgan fingerprint density at radius 2 is 1.11 bits per heavy atom. The molecule has 0 saturated carbocycles. The molecule has 0 aliphatic carbocycles. The van der Waals surface area contributed by atoms with Crippen molar-refractivity contribution in [2.75, 3.05) is 0 Å². The highest BCUT2D eigenvalue weighted by molar-refractivity contribution is 7.25. The van der Waals surface area contributed by atoms with E-state index < -0.39 is 0 Å². The first-order valence-corrected chi connectivity index (χ1v) is 17.7. The number of para-hydroxylation sites is 3. The second-order valence-corrected chi connectivity index (χ2v) is 14.0. The number of hydrogen-bond donors (Lipinski definition) is 0. The van der Waals surface area contributed by atoms with Crippen LogP contribution in [0.1, 0.15) is 16.7 Å². The third-order valence-corrected chi connectivity index (χ3v) is 11.4. The van der Waals surface area contributed by atoms with Gasteiger partial charge in [0.05, 0.1) is 62.8 Å². The Balaban J connectivity index is 1.30. The number of rotatable bonds is 3. The second-order valence-electron chi connectivity index (χ2n) is 12.9. The van der Waals surface area contributed by atoms with Gasteiger partial charge >= 0.3 is 0 Å². The second kappa shape index (κ2) is 11.4. The molecule has 0 unspecified atom stereocenters. The molecule has 7 aromatic carbocycles. The lowest BCUT2D eigenvalue weighted by molar-refractivity contribution is 1.16. The van der Waals surface area contributed by atoms with Gasteiger partial charge in [-0.05, 0) is 60.2 Å². The summed E-state index contributed by atoms with van der Waals surface area (Å²) < 4.78 is 6.48. The molecule has 0 aliphatic heterocycles. The van der Waals surface area contributed by atoms with Crippen LogP contribution in [0.5, 0.6) is 0 Å². The molecule has 10 aromatic rings. The third-order valence-electron chi connectivity index (χ3n) is 10.3. The average Bonchev–Trinajstić information content (AvgIpc) is 3.86. The lowest BCUT2D eigenvalue weighted by atomic mass is 9.93. The quantitative estimate of drug-likeness (QED) is 0.173. The fraction of sp³-hybridized carbons (Fsp3) is 0. The van der Waals surface area contributed by atoms with Crippen molar-refractivity contribution in [2.24, 2.45) is 0 Å². The maximum atomic E-state index is 11.0. The molecule has 0 fully saturated rings. The van der Waals surface area contributed by atoms with Crippen LogP contribution in [-0.4, -0.2) is 9.13 Å². The molecule has 0 radical (unpaired) electrons. The summed E-state index contributed by atoms with van der Waals surface area (Å²) in [6, 6.07) is 51.2. The van der Waals surface area contributed by atoms with Gasteiger partial charge in [0.1, 0.15) is 12.1 Å². The SMILES string of the molecule is [C-]#[N+]c1c(C#N)cc(-c2ccc(C#N)c(-n3c4ccccc4c4cc5sc6ccccc6c5cc43)c2)c(C#N)c1-n1c2ccccc2c2ccccc21. The van der Waals surface area contributed by atoms with Crippen LogP contribution in [0.15, 0.2) is 133 Å². The van der Waals surface area contributed by atoms with E-state index in [2.05, 4.69) is 76.2 Å². The molecule has 0 atom stereocenters. The number of nitrogens with zero attached hydrogens (tertiary/aromatic N) is 6. The fourth-order valence-electron chi connectivity index (χ4n) is 8.00. The first-order chi connectivity index (χ1) is 26.1. The molecule has 0 spiro atoms. The predicted octanol–water partition coefficient (Wildman–Crippen LogP) is 12.1. The van der Waals surface area contributed by atoms with Gasteiger partial charge in [0.15, 0.2) is 0 Å². The smallest absolute Gasteiger partial charge is 0.229 e. The van der Waals surface area contributed by atoms with Crippen molar-refractivity contribution in [2.45, 2.75) is 0 Å². The summed E-state index contributed by atoms with van der Waals surface area (Å²) in [6.45, 7) is 8.24. The van der Waals surface area contributed by atoms with Crippen LogP contribution in [0.25, 0.3) is 91.1 Å². The van der Waals surface area contributed by atoms with Crippen molar-refractivity contribution < 1.29 is 0 Å². The normalized spacial score (nSPS) is 11.3. The lowest BCUT2D eigenvalue weighted by Gasteiger charge is -2.18. The number of thiophene rings is 1. The van der Waals surface area contributed by atoms with Gasteiger partial charge in [0.25, 0.3) is 0 Å². The van der Waals surface area contributed by atoms with Crippen LogP contribution in [0.3, 0.4) is 0 Å². The summed E-state index contributed by atoms with van der Waals surface area (Å²) in [5, 5.41) is 38.4. The summed E-state index contributed by atoms with van der Waals surface area (Å²) in [5.41, 5.74) is 6.76. The van der Waals surface area contributed by atoms with Gasteiger partial charge in [-0.15, -0.1) is 11.3 Å². The molecule has 53 heavy (non-hydrogen) atoms. The van der Waals surface area contributed by atoms with Crippen LogP contribution in [0.2, 0.25) is 0 Å². The summed E-state index contributed by atoms with van der Waals surface area (Å²) >= 11 is 1.77. The Hall–Kier alpha value is -7.68. The minimum absolute atomic E-state index is 0.113. The Bertz CT molecular complexity index is 3350. The molecular weight excluding hydrogens is 669 g/mol. The Labute approximate surface area is 306 Å². The molecule has 0 saturated heterocycles. The van der Waals surface area contributed by atoms with Gasteiger partial charge in [-0.25, -0.2) is 4.85 Å². The van der Waals surface area contributed by atoms with Gasteiger partial charge < -0.3 is 9.13 Å². The molecule has 242 valence electrons. The van der Waals surface area contributed by atoms with Crippen LogP contribution in [0.4, 0.5) is 5.69 Å². The van der Waals surface area contributed by atoms with Gasteiger partial charge in [-0.1, -0.05) is 78.9 Å². The third kappa shape index (κ3) is 4.21. The van der Waals surface area contributed by atoms with E-state index in [0.29, 0.717) is 28.1 Å². The van der Waals surface area contributed by atoms with Crippen molar-refractivity contribution in [1.29, 1.82) is 15.8 Å². The topological polar surface area (TPSA) is 85.6 Å². The minimum atomic E-state index is 0.113. The Kier molecular flexibility index (Phi) is 6.50. The van der Waals surface area contributed by atoms with Gasteiger partial charge in [0.2, 0.25) is 5.69 Å². The van der Waals surface area contributed by atoms with E-state index in [1.165, 1.54) is 14.8 Å². The zero-order valence-corrected chi connectivity index (χ0v) is 28.6. The molecule has 0 amide bonds. The van der Waals surface area contributed by atoms with Crippen LogP contribution in [0, 0.1) is 40.6 Å². The van der Waals surface area contributed by atoms with E-state index in [1.54, 1.807) is 23.5 Å². The van der Waals surface area contributed by atoms with Gasteiger partial charge in [-0.2, -0.15) is 15.8 Å². The van der Waals surface area contributed by atoms with Crippen LogP contribution < -0.4 is 0 Å². The van der Waals surface area contributed by atoms with Crippen LogP contribution >= 0.6 is 11.3 Å². The molecule has 0 bridgehead atoms. The van der Waals surface area contributed by atoms with E-state index in [1.807, 2.05) is 77.4 Å². The summed E-state index contributed by atoms with van der Waals surface area (Å²) in [4.78, 5) is 3.86. The molecule has 0 N–H and O–H groups in total. The van der Waals surface area contributed by atoms with E-state index in [0.717, 1.165) is 49.0 Å². The van der Waals surface area contributed by atoms with E-state index in [9.17, 15) is 15.8 Å². The summed E-state index contributed by atoms with van der Waals surface area (Å²) in [6.07, 6.45) is 0. The zero-order chi connectivity index (χ0) is 35.8. The number of nitriles is 3. The molecule has 6 nitrogen and oxygen atoms in total. The summed E-state index contributed by atoms with van der Waals surface area (Å²) in [5.74, 6) is 0. The highest BCUT2D eigenvalue weighted by atomic mass is 32.1. The molecule has 10 rings (SSSR count). The minimum Gasteiger partial charge on any atom is -0.318 e. The first kappa shape index (κ1) is 30.2. The Morgan fingerprint density at radius 1 is 0.509 bits per heavy atom. The van der Waals surface area contributed by atoms with Crippen molar-refractivity contribution in [3.05, 3.63) is 162 Å². The maximum absolute atomic E-state index is 11.0.